The van der Waals surface area contributed by atoms with Gasteiger partial charge in [0, 0.05) is 18.6 Å². The molecule has 6 heteroatoms. The summed E-state index contributed by atoms with van der Waals surface area (Å²) in [5, 5.41) is 14.8. The highest BCUT2D eigenvalue weighted by Gasteiger charge is 2.23. The smallest absolute Gasteiger partial charge is 0.414 e. The molecule has 0 aliphatic carbocycles. The van der Waals surface area contributed by atoms with Crippen molar-refractivity contribution in [1.82, 2.24) is 9.80 Å². The van der Waals surface area contributed by atoms with Crippen molar-refractivity contribution < 1.29 is 19.8 Å². The topological polar surface area (TPSA) is 81.1 Å². The fourth-order valence-electron chi connectivity index (χ4n) is 2.84. The van der Waals surface area contributed by atoms with E-state index < -0.39 is 11.9 Å². The second-order valence-electron chi connectivity index (χ2n) is 6.37. The van der Waals surface area contributed by atoms with Crippen LogP contribution in [-0.4, -0.2) is 64.2 Å². The predicted octanol–water partition coefficient (Wildman–Crippen LogP) is 2.15. The maximum atomic E-state index is 9.10. The summed E-state index contributed by atoms with van der Waals surface area (Å²) in [6.07, 6.45) is 2.61. The van der Waals surface area contributed by atoms with Crippen LogP contribution in [0.5, 0.6) is 0 Å². The molecule has 1 saturated heterocycles. The zero-order chi connectivity index (χ0) is 18.1. The first-order chi connectivity index (χ1) is 11.3. The minimum absolute atomic E-state index is 0.699. The Labute approximate surface area is 143 Å². The molecular formula is C18H28N2O4. The Morgan fingerprint density at radius 2 is 1.62 bits per heavy atom. The molecule has 0 spiro atoms. The van der Waals surface area contributed by atoms with Crippen LogP contribution in [0.15, 0.2) is 30.3 Å². The summed E-state index contributed by atoms with van der Waals surface area (Å²) in [4.78, 5) is 23.3. The molecule has 1 heterocycles. The molecule has 1 aromatic carbocycles. The van der Waals surface area contributed by atoms with Crippen molar-refractivity contribution in [1.29, 1.82) is 0 Å². The van der Waals surface area contributed by atoms with Gasteiger partial charge >= 0.3 is 11.9 Å². The summed E-state index contributed by atoms with van der Waals surface area (Å²) in [6.45, 7) is 8.18. The summed E-state index contributed by atoms with van der Waals surface area (Å²) in [5.74, 6) is -3.65. The fraction of sp³-hybridized carbons (Fsp3) is 0.556. The summed E-state index contributed by atoms with van der Waals surface area (Å²) in [7, 11) is 2.27. The molecule has 1 aliphatic rings. The van der Waals surface area contributed by atoms with E-state index >= 15 is 0 Å². The van der Waals surface area contributed by atoms with Gasteiger partial charge in [0.2, 0.25) is 0 Å². The van der Waals surface area contributed by atoms with Gasteiger partial charge in [-0.15, -0.1) is 0 Å². The predicted molar refractivity (Wildman–Crippen MR) is 92.9 cm³/mol. The minimum atomic E-state index is -1.82. The van der Waals surface area contributed by atoms with Gasteiger partial charge in [0.15, 0.2) is 0 Å². The summed E-state index contributed by atoms with van der Waals surface area (Å²) in [5.41, 5.74) is 1.42. The molecule has 2 rings (SSSR count). The summed E-state index contributed by atoms with van der Waals surface area (Å²) in [6, 6.07) is 12.2. The average Bonchev–Trinajstić information content (AvgIpc) is 2.56. The quantitative estimate of drug-likeness (QED) is 0.820. The van der Waals surface area contributed by atoms with Crippen molar-refractivity contribution in [3.05, 3.63) is 35.9 Å². The van der Waals surface area contributed by atoms with Gasteiger partial charge in [0.05, 0.1) is 0 Å². The van der Waals surface area contributed by atoms with E-state index in [1.54, 1.807) is 0 Å². The van der Waals surface area contributed by atoms with Crippen molar-refractivity contribution in [2.75, 3.05) is 20.1 Å². The lowest BCUT2D eigenvalue weighted by atomic mass is 10.0. The maximum absolute atomic E-state index is 9.10. The fourth-order valence-corrected chi connectivity index (χ4v) is 2.84. The van der Waals surface area contributed by atoms with Crippen LogP contribution < -0.4 is 0 Å². The van der Waals surface area contributed by atoms with Crippen molar-refractivity contribution in [2.45, 2.75) is 45.3 Å². The van der Waals surface area contributed by atoms with Gasteiger partial charge in [-0.05, 0) is 52.4 Å². The van der Waals surface area contributed by atoms with E-state index in [1.807, 2.05) is 0 Å². The molecular weight excluding hydrogens is 308 g/mol. The van der Waals surface area contributed by atoms with Crippen molar-refractivity contribution in [3.63, 3.8) is 0 Å². The molecule has 134 valence electrons. The van der Waals surface area contributed by atoms with Gasteiger partial charge in [-0.1, -0.05) is 30.3 Å². The van der Waals surface area contributed by atoms with Crippen LogP contribution >= 0.6 is 0 Å². The highest BCUT2D eigenvalue weighted by atomic mass is 16.4. The number of likely N-dealkylation sites (tertiary alicyclic amines) is 1. The lowest BCUT2D eigenvalue weighted by Gasteiger charge is -2.38. The number of aliphatic carboxylic acids is 2. The second-order valence-corrected chi connectivity index (χ2v) is 6.37. The van der Waals surface area contributed by atoms with Gasteiger partial charge in [0.1, 0.15) is 0 Å². The third kappa shape index (κ3) is 7.10. The molecule has 1 aliphatic heterocycles. The third-order valence-electron chi connectivity index (χ3n) is 4.31. The number of carboxylic acids is 2. The highest BCUT2D eigenvalue weighted by molar-refractivity contribution is 6.27. The first-order valence-corrected chi connectivity index (χ1v) is 8.25. The number of benzene rings is 1. The number of piperidine rings is 1. The van der Waals surface area contributed by atoms with Crippen LogP contribution in [-0.2, 0) is 16.1 Å². The first kappa shape index (κ1) is 20.1. The van der Waals surface area contributed by atoms with Crippen molar-refractivity contribution in [2.24, 2.45) is 0 Å². The van der Waals surface area contributed by atoms with Crippen LogP contribution in [0.3, 0.4) is 0 Å². The first-order valence-electron chi connectivity index (χ1n) is 8.25. The molecule has 0 radical (unpaired) electrons. The largest absolute Gasteiger partial charge is 0.473 e. The number of carboxylic acid groups (broad SMARTS) is 2. The van der Waals surface area contributed by atoms with Crippen LogP contribution in [0.4, 0.5) is 0 Å². The average molecular weight is 336 g/mol. The van der Waals surface area contributed by atoms with E-state index in [2.05, 4.69) is 61.0 Å². The van der Waals surface area contributed by atoms with E-state index in [4.69, 9.17) is 19.8 Å². The number of hydrogen-bond acceptors (Lipinski definition) is 4. The molecule has 6 nitrogen and oxygen atoms in total. The zero-order valence-corrected chi connectivity index (χ0v) is 14.7. The van der Waals surface area contributed by atoms with Crippen LogP contribution in [0, 0.1) is 0 Å². The number of carbonyl (C=O) groups is 2. The highest BCUT2D eigenvalue weighted by Crippen LogP contribution is 2.18. The Morgan fingerprint density at radius 3 is 2.04 bits per heavy atom. The molecule has 0 amide bonds. The standard InChI is InChI=1S/C16H26N2.C2H2O4/c1-14(2)18-11-9-16(10-12-18)17(3)13-15-7-5-4-6-8-15;3-1(4)2(5)6/h4-8,14,16H,9-13H2,1-3H3;(H,3,4)(H,5,6). The Balaban J connectivity index is 0.000000413. The Morgan fingerprint density at radius 1 is 1.12 bits per heavy atom. The lowest BCUT2D eigenvalue weighted by molar-refractivity contribution is -0.159. The molecule has 0 aromatic heterocycles. The monoisotopic (exact) mass is 336 g/mol. The Hall–Kier alpha value is -1.92. The zero-order valence-electron chi connectivity index (χ0n) is 14.7. The third-order valence-corrected chi connectivity index (χ3v) is 4.31. The normalized spacial score (nSPS) is 15.9. The van der Waals surface area contributed by atoms with Gasteiger partial charge in [-0.3, -0.25) is 4.90 Å². The number of rotatable bonds is 4. The van der Waals surface area contributed by atoms with Crippen LogP contribution in [0.1, 0.15) is 32.3 Å². The van der Waals surface area contributed by atoms with Gasteiger partial charge in [-0.2, -0.15) is 0 Å². The van der Waals surface area contributed by atoms with Gasteiger partial charge < -0.3 is 15.1 Å². The van der Waals surface area contributed by atoms with Gasteiger partial charge in [0.25, 0.3) is 0 Å². The van der Waals surface area contributed by atoms with Crippen molar-refractivity contribution >= 4 is 11.9 Å². The minimum Gasteiger partial charge on any atom is -0.473 e. The Kier molecular flexibility index (Phi) is 8.43. The molecule has 24 heavy (non-hydrogen) atoms. The van der Waals surface area contributed by atoms with E-state index in [9.17, 15) is 0 Å². The molecule has 2 N–H and O–H groups in total. The molecule has 0 unspecified atom stereocenters. The number of nitrogens with zero attached hydrogens (tertiary/aromatic N) is 2. The van der Waals surface area contributed by atoms with E-state index in [1.165, 1.54) is 31.5 Å². The van der Waals surface area contributed by atoms with Crippen LogP contribution in [0.2, 0.25) is 0 Å². The lowest BCUT2D eigenvalue weighted by Crippen LogP contribution is -2.45. The molecule has 0 saturated carbocycles. The van der Waals surface area contributed by atoms with Crippen LogP contribution in [0.25, 0.3) is 0 Å². The van der Waals surface area contributed by atoms with E-state index in [0.717, 1.165) is 12.6 Å². The van der Waals surface area contributed by atoms with Gasteiger partial charge in [-0.25, -0.2) is 9.59 Å². The maximum Gasteiger partial charge on any atom is 0.414 e. The SMILES string of the molecule is CC(C)N1CCC(N(C)Cc2ccccc2)CC1.O=C(O)C(=O)O. The second kappa shape index (κ2) is 10.1. The summed E-state index contributed by atoms with van der Waals surface area (Å²) < 4.78 is 0. The Bertz CT molecular complexity index is 499. The summed E-state index contributed by atoms with van der Waals surface area (Å²) >= 11 is 0. The van der Waals surface area contributed by atoms with E-state index in [-0.39, 0.29) is 0 Å². The molecule has 1 aromatic rings. The number of hydrogen-bond donors (Lipinski definition) is 2. The molecule has 1 fully saturated rings. The molecule has 0 atom stereocenters. The van der Waals surface area contributed by atoms with Crippen molar-refractivity contribution in [3.8, 4) is 0 Å². The van der Waals surface area contributed by atoms with E-state index in [0.29, 0.717) is 6.04 Å². The molecule has 0 bridgehead atoms.